The molecule has 1 aliphatic carbocycles. The summed E-state index contributed by atoms with van der Waals surface area (Å²) in [6.45, 7) is 4.00. The third kappa shape index (κ3) is 4.90. The second-order valence-corrected chi connectivity index (χ2v) is 10.9. The molecule has 2 aromatic heterocycles. The number of pyridine rings is 2. The Morgan fingerprint density at radius 1 is 0.919 bits per heavy atom. The molecular weight excluding hydrogens is 503 g/mol. The second kappa shape index (κ2) is 9.96. The highest BCUT2D eigenvalue weighted by molar-refractivity contribution is 6.36. The molecule has 37 heavy (non-hydrogen) atoms. The van der Waals surface area contributed by atoms with E-state index in [9.17, 15) is 4.79 Å². The maximum absolute atomic E-state index is 13.3. The minimum atomic E-state index is 0.0808. The highest BCUT2D eigenvalue weighted by Gasteiger charge is 2.32. The van der Waals surface area contributed by atoms with Crippen LogP contribution in [0.15, 0.2) is 54.9 Å². The summed E-state index contributed by atoms with van der Waals surface area (Å²) in [6, 6.07) is 14.0. The number of halogens is 2. The second-order valence-electron chi connectivity index (χ2n) is 10.1. The van der Waals surface area contributed by atoms with Crippen LogP contribution in [0, 0.1) is 12.8 Å². The number of piperidine rings is 1. The van der Waals surface area contributed by atoms with Crippen LogP contribution in [-0.2, 0) is 0 Å². The SMILES string of the molecule is Cc1c(Cl)cc(-c2ccc3ncc(C(=O)C4CC4)c(Nc4ccc(N5CCCCC5)nc4)c3c2)cc1Cl. The van der Waals surface area contributed by atoms with E-state index in [1.807, 2.05) is 43.5 Å². The molecule has 6 rings (SSSR count). The summed E-state index contributed by atoms with van der Waals surface area (Å²) < 4.78 is 0. The maximum atomic E-state index is 13.3. The Hall–Kier alpha value is -3.15. The summed E-state index contributed by atoms with van der Waals surface area (Å²) in [7, 11) is 0. The standard InChI is InChI=1S/C30H28Cl2N4O/c1-18-25(31)14-21(15-26(18)32)20-7-9-27-23(13-20)29(24(17-33-27)30(37)19-5-6-19)35-22-8-10-28(34-16-22)36-11-3-2-4-12-36/h7-10,13-17,19H,2-6,11-12H2,1H3,(H,33,35). The number of nitrogens with zero attached hydrogens (tertiary/aromatic N) is 3. The molecule has 0 radical (unpaired) electrons. The van der Waals surface area contributed by atoms with E-state index in [0.29, 0.717) is 15.6 Å². The van der Waals surface area contributed by atoms with E-state index >= 15 is 0 Å². The van der Waals surface area contributed by atoms with Gasteiger partial charge in [-0.25, -0.2) is 4.98 Å². The van der Waals surface area contributed by atoms with Crippen LogP contribution >= 0.6 is 23.2 Å². The van der Waals surface area contributed by atoms with Gasteiger partial charge in [0.2, 0.25) is 0 Å². The molecule has 1 aliphatic heterocycles. The van der Waals surface area contributed by atoms with Gasteiger partial charge >= 0.3 is 0 Å². The number of carbonyl (C=O) groups is 1. The van der Waals surface area contributed by atoms with Gasteiger partial charge < -0.3 is 10.2 Å². The number of rotatable bonds is 6. The van der Waals surface area contributed by atoms with Gasteiger partial charge in [-0.05, 0) is 92.1 Å². The van der Waals surface area contributed by atoms with Gasteiger partial charge in [0.1, 0.15) is 5.82 Å². The van der Waals surface area contributed by atoms with Crippen molar-refractivity contribution in [2.75, 3.05) is 23.3 Å². The zero-order valence-electron chi connectivity index (χ0n) is 20.7. The van der Waals surface area contributed by atoms with Gasteiger partial charge in [0, 0.05) is 40.6 Å². The normalized spacial score (nSPS) is 15.7. The monoisotopic (exact) mass is 530 g/mol. The Balaban J connectivity index is 1.42. The van der Waals surface area contributed by atoms with E-state index in [1.54, 1.807) is 6.20 Å². The van der Waals surface area contributed by atoms with Gasteiger partial charge in [0.25, 0.3) is 0 Å². The predicted octanol–water partition coefficient (Wildman–Crippen LogP) is 8.24. The lowest BCUT2D eigenvalue weighted by atomic mass is 9.98. The summed E-state index contributed by atoms with van der Waals surface area (Å²) in [5, 5.41) is 5.64. The van der Waals surface area contributed by atoms with Gasteiger partial charge in [-0.2, -0.15) is 0 Å². The number of aromatic nitrogens is 2. The molecule has 0 spiro atoms. The Morgan fingerprint density at radius 2 is 1.68 bits per heavy atom. The summed E-state index contributed by atoms with van der Waals surface area (Å²) in [5.74, 6) is 1.22. The molecule has 1 saturated heterocycles. The molecular formula is C30H28Cl2N4O. The third-order valence-corrected chi connectivity index (χ3v) is 8.18. The van der Waals surface area contributed by atoms with Crippen LogP contribution in [-0.4, -0.2) is 28.8 Å². The van der Waals surface area contributed by atoms with Crippen molar-refractivity contribution in [3.8, 4) is 11.1 Å². The molecule has 5 nitrogen and oxygen atoms in total. The molecule has 1 saturated carbocycles. The van der Waals surface area contributed by atoms with Crippen LogP contribution in [0.4, 0.5) is 17.2 Å². The highest BCUT2D eigenvalue weighted by Crippen LogP contribution is 2.39. The number of anilines is 3. The number of hydrogen-bond acceptors (Lipinski definition) is 5. The minimum absolute atomic E-state index is 0.0808. The van der Waals surface area contributed by atoms with Gasteiger partial charge in [-0.1, -0.05) is 29.3 Å². The first kappa shape index (κ1) is 24.2. The maximum Gasteiger partial charge on any atom is 0.169 e. The van der Waals surface area contributed by atoms with Crippen molar-refractivity contribution in [2.45, 2.75) is 39.0 Å². The number of hydrogen-bond donors (Lipinski definition) is 1. The van der Waals surface area contributed by atoms with Crippen molar-refractivity contribution < 1.29 is 4.79 Å². The molecule has 4 aromatic rings. The summed E-state index contributed by atoms with van der Waals surface area (Å²) in [4.78, 5) is 25.0. The topological polar surface area (TPSA) is 58.1 Å². The summed E-state index contributed by atoms with van der Waals surface area (Å²) in [5.41, 5.74) is 5.75. The molecule has 3 heterocycles. The van der Waals surface area contributed by atoms with E-state index in [-0.39, 0.29) is 11.7 Å². The molecule has 0 unspecified atom stereocenters. The molecule has 0 amide bonds. The summed E-state index contributed by atoms with van der Waals surface area (Å²) in [6.07, 6.45) is 9.12. The van der Waals surface area contributed by atoms with Crippen molar-refractivity contribution in [1.82, 2.24) is 9.97 Å². The van der Waals surface area contributed by atoms with E-state index in [2.05, 4.69) is 27.3 Å². The fourth-order valence-corrected chi connectivity index (χ4v) is 5.47. The van der Waals surface area contributed by atoms with Crippen LogP contribution in [0.25, 0.3) is 22.0 Å². The van der Waals surface area contributed by atoms with Crippen LogP contribution in [0.1, 0.15) is 48.0 Å². The van der Waals surface area contributed by atoms with Crippen LogP contribution in [0.2, 0.25) is 10.0 Å². The lowest BCUT2D eigenvalue weighted by Crippen LogP contribution is -2.29. The smallest absolute Gasteiger partial charge is 0.169 e. The minimum Gasteiger partial charge on any atom is -0.357 e. The molecule has 0 atom stereocenters. The largest absolute Gasteiger partial charge is 0.357 e. The van der Waals surface area contributed by atoms with Gasteiger partial charge in [-0.15, -0.1) is 0 Å². The average molecular weight is 531 g/mol. The zero-order valence-corrected chi connectivity index (χ0v) is 22.2. The van der Waals surface area contributed by atoms with E-state index < -0.39 is 0 Å². The van der Waals surface area contributed by atoms with Crippen molar-refractivity contribution in [3.63, 3.8) is 0 Å². The van der Waals surface area contributed by atoms with Crippen LogP contribution in [0.5, 0.6) is 0 Å². The predicted molar refractivity (Wildman–Crippen MR) is 153 cm³/mol. The first-order valence-corrected chi connectivity index (χ1v) is 13.6. The molecule has 7 heteroatoms. The van der Waals surface area contributed by atoms with Gasteiger partial charge in [0.15, 0.2) is 5.78 Å². The molecule has 2 aliphatic rings. The van der Waals surface area contributed by atoms with Crippen molar-refractivity contribution in [3.05, 3.63) is 76.0 Å². The van der Waals surface area contributed by atoms with E-state index in [4.69, 9.17) is 28.2 Å². The quantitative estimate of drug-likeness (QED) is 0.254. The number of nitrogens with one attached hydrogen (secondary N) is 1. The van der Waals surface area contributed by atoms with Crippen LogP contribution < -0.4 is 10.2 Å². The van der Waals surface area contributed by atoms with Crippen molar-refractivity contribution >= 4 is 57.1 Å². The Kier molecular flexibility index (Phi) is 6.51. The first-order chi connectivity index (χ1) is 18.0. The van der Waals surface area contributed by atoms with E-state index in [0.717, 1.165) is 70.7 Å². The molecule has 1 N–H and O–H groups in total. The number of fused-ring (bicyclic) bond motifs is 1. The number of carbonyl (C=O) groups excluding carboxylic acids is 1. The highest BCUT2D eigenvalue weighted by atomic mass is 35.5. The van der Waals surface area contributed by atoms with Gasteiger partial charge in [0.05, 0.1) is 28.7 Å². The van der Waals surface area contributed by atoms with Gasteiger partial charge in [-0.3, -0.25) is 9.78 Å². The third-order valence-electron chi connectivity index (χ3n) is 7.39. The summed E-state index contributed by atoms with van der Waals surface area (Å²) >= 11 is 12.9. The Bertz CT molecular complexity index is 1470. The lowest BCUT2D eigenvalue weighted by Gasteiger charge is -2.27. The van der Waals surface area contributed by atoms with Crippen LogP contribution in [0.3, 0.4) is 0 Å². The van der Waals surface area contributed by atoms with E-state index in [1.165, 1.54) is 19.3 Å². The fraction of sp³-hybridized carbons (Fsp3) is 0.300. The Labute approximate surface area is 226 Å². The zero-order chi connectivity index (χ0) is 25.5. The molecule has 2 fully saturated rings. The number of benzene rings is 2. The molecule has 188 valence electrons. The Morgan fingerprint density at radius 3 is 2.35 bits per heavy atom. The number of Topliss-reactive ketones (excluding diaryl/α,β-unsaturated/α-hetero) is 1. The van der Waals surface area contributed by atoms with Crippen molar-refractivity contribution in [1.29, 1.82) is 0 Å². The number of ketones is 1. The molecule has 0 bridgehead atoms. The fourth-order valence-electron chi connectivity index (χ4n) is 4.99. The van der Waals surface area contributed by atoms with Crippen molar-refractivity contribution in [2.24, 2.45) is 5.92 Å². The molecule has 2 aromatic carbocycles. The lowest BCUT2D eigenvalue weighted by molar-refractivity contribution is 0.0968. The average Bonchev–Trinajstić information content (AvgIpc) is 3.78. The first-order valence-electron chi connectivity index (χ1n) is 12.9.